The summed E-state index contributed by atoms with van der Waals surface area (Å²) in [7, 11) is 0. The van der Waals surface area contributed by atoms with Gasteiger partial charge in [-0.1, -0.05) is 62.4 Å². The van der Waals surface area contributed by atoms with Crippen LogP contribution in [-0.2, 0) is 9.53 Å². The Labute approximate surface area is 171 Å². The molecule has 2 aromatic carbocycles. The Kier molecular flexibility index (Phi) is 5.07. The fraction of sp³-hybridized carbons (Fsp3) is 0.417. The average Bonchev–Trinajstić information content (AvgIpc) is 2.97. The second-order valence-electron chi connectivity index (χ2n) is 9.01. The van der Waals surface area contributed by atoms with Crippen molar-refractivity contribution in [1.29, 1.82) is 0 Å². The highest BCUT2D eigenvalue weighted by atomic mass is 16.5. The number of carboxylic acids is 1. The molecular formula is C24H27NO4. The molecule has 0 spiro atoms. The Bertz CT molecular complexity index is 882. The molecule has 2 aliphatic rings. The van der Waals surface area contributed by atoms with Crippen molar-refractivity contribution in [1.82, 2.24) is 5.32 Å². The average molecular weight is 393 g/mol. The molecule has 0 heterocycles. The Morgan fingerprint density at radius 1 is 1.07 bits per heavy atom. The minimum absolute atomic E-state index is 0.00582. The number of nitrogens with one attached hydrogen (secondary N) is 1. The molecule has 152 valence electrons. The van der Waals surface area contributed by atoms with Gasteiger partial charge in [-0.05, 0) is 46.4 Å². The number of hydrogen-bond donors (Lipinski definition) is 2. The third-order valence-electron chi connectivity index (χ3n) is 6.24. The molecule has 5 nitrogen and oxygen atoms in total. The third kappa shape index (κ3) is 4.00. The van der Waals surface area contributed by atoms with Crippen LogP contribution in [0.5, 0.6) is 0 Å². The van der Waals surface area contributed by atoms with Crippen LogP contribution in [0.4, 0.5) is 4.79 Å². The molecule has 0 radical (unpaired) electrons. The number of alkyl carbamates (subject to hydrolysis) is 1. The van der Waals surface area contributed by atoms with Crippen LogP contribution in [0.15, 0.2) is 48.5 Å². The fourth-order valence-corrected chi connectivity index (χ4v) is 4.96. The van der Waals surface area contributed by atoms with Crippen LogP contribution in [-0.4, -0.2) is 29.8 Å². The first-order valence-corrected chi connectivity index (χ1v) is 10.2. The van der Waals surface area contributed by atoms with Gasteiger partial charge in [0.15, 0.2) is 0 Å². The molecule has 0 aliphatic heterocycles. The molecular weight excluding hydrogens is 366 g/mol. The van der Waals surface area contributed by atoms with Gasteiger partial charge in [-0.3, -0.25) is 4.79 Å². The summed E-state index contributed by atoms with van der Waals surface area (Å²) < 4.78 is 5.58. The van der Waals surface area contributed by atoms with E-state index in [-0.39, 0.29) is 30.3 Å². The second-order valence-corrected chi connectivity index (χ2v) is 9.01. The van der Waals surface area contributed by atoms with E-state index < -0.39 is 18.1 Å². The van der Waals surface area contributed by atoms with Crippen LogP contribution in [0, 0.1) is 11.3 Å². The Morgan fingerprint density at radius 3 is 2.14 bits per heavy atom. The van der Waals surface area contributed by atoms with Gasteiger partial charge in [-0.2, -0.15) is 0 Å². The van der Waals surface area contributed by atoms with Gasteiger partial charge in [-0.15, -0.1) is 0 Å². The highest BCUT2D eigenvalue weighted by Gasteiger charge is 2.42. The minimum Gasteiger partial charge on any atom is -0.481 e. The predicted octanol–water partition coefficient (Wildman–Crippen LogP) is 4.80. The molecule has 0 saturated heterocycles. The summed E-state index contributed by atoms with van der Waals surface area (Å²) in [5, 5.41) is 12.0. The maximum Gasteiger partial charge on any atom is 0.407 e. The predicted molar refractivity (Wildman–Crippen MR) is 111 cm³/mol. The zero-order chi connectivity index (χ0) is 20.6. The van der Waals surface area contributed by atoms with Crippen molar-refractivity contribution in [2.75, 3.05) is 6.61 Å². The first kappa shape index (κ1) is 19.5. The fourth-order valence-electron chi connectivity index (χ4n) is 4.96. The number of benzene rings is 2. The van der Waals surface area contributed by atoms with Gasteiger partial charge in [0.05, 0.1) is 6.42 Å². The maximum atomic E-state index is 12.5. The van der Waals surface area contributed by atoms with Gasteiger partial charge in [0.25, 0.3) is 0 Å². The van der Waals surface area contributed by atoms with Crippen LogP contribution in [0.2, 0.25) is 0 Å². The number of amides is 1. The first-order valence-electron chi connectivity index (χ1n) is 10.2. The third-order valence-corrected chi connectivity index (χ3v) is 6.24. The van der Waals surface area contributed by atoms with E-state index in [2.05, 4.69) is 43.4 Å². The maximum absolute atomic E-state index is 12.5. The topological polar surface area (TPSA) is 75.6 Å². The molecule has 1 atom stereocenters. The van der Waals surface area contributed by atoms with Gasteiger partial charge in [0, 0.05) is 12.0 Å². The van der Waals surface area contributed by atoms with Crippen LogP contribution in [0.3, 0.4) is 0 Å². The molecule has 1 saturated carbocycles. The van der Waals surface area contributed by atoms with Crippen LogP contribution >= 0.6 is 0 Å². The van der Waals surface area contributed by atoms with Crippen molar-refractivity contribution in [2.24, 2.45) is 11.3 Å². The van der Waals surface area contributed by atoms with Crippen molar-refractivity contribution in [3.05, 3.63) is 59.7 Å². The molecule has 29 heavy (non-hydrogen) atoms. The summed E-state index contributed by atoms with van der Waals surface area (Å²) in [5.74, 6) is -0.728. The Balaban J connectivity index is 1.42. The van der Waals surface area contributed by atoms with E-state index >= 15 is 0 Å². The lowest BCUT2D eigenvalue weighted by Gasteiger charge is -2.46. The SMILES string of the molecule is CC1(C)CC([C@H](CC(=O)O)NC(=O)OCC2c3ccccc3-c3ccccc32)C1. The highest BCUT2D eigenvalue weighted by Crippen LogP contribution is 2.47. The number of fused-ring (bicyclic) bond motifs is 3. The van der Waals surface area contributed by atoms with Gasteiger partial charge >= 0.3 is 12.1 Å². The van der Waals surface area contributed by atoms with Gasteiger partial charge in [-0.25, -0.2) is 4.79 Å². The van der Waals surface area contributed by atoms with E-state index in [1.807, 2.05) is 24.3 Å². The van der Waals surface area contributed by atoms with E-state index in [1.54, 1.807) is 0 Å². The number of hydrogen-bond acceptors (Lipinski definition) is 3. The van der Waals surface area contributed by atoms with Crippen molar-refractivity contribution in [3.8, 4) is 11.1 Å². The summed E-state index contributed by atoms with van der Waals surface area (Å²) in [6, 6.07) is 16.0. The lowest BCUT2D eigenvalue weighted by Crippen LogP contribution is -2.49. The van der Waals surface area contributed by atoms with Crippen molar-refractivity contribution in [3.63, 3.8) is 0 Å². The monoisotopic (exact) mass is 393 g/mol. The van der Waals surface area contributed by atoms with Crippen molar-refractivity contribution < 1.29 is 19.4 Å². The molecule has 0 bridgehead atoms. The number of carbonyl (C=O) groups excluding carboxylic acids is 1. The smallest absolute Gasteiger partial charge is 0.407 e. The zero-order valence-electron chi connectivity index (χ0n) is 16.9. The molecule has 2 N–H and O–H groups in total. The van der Waals surface area contributed by atoms with Crippen LogP contribution < -0.4 is 5.32 Å². The van der Waals surface area contributed by atoms with Crippen LogP contribution in [0.1, 0.15) is 50.2 Å². The zero-order valence-corrected chi connectivity index (χ0v) is 16.9. The summed E-state index contributed by atoms with van der Waals surface area (Å²) in [6.45, 7) is 4.55. The van der Waals surface area contributed by atoms with E-state index in [0.717, 1.165) is 24.0 Å². The van der Waals surface area contributed by atoms with E-state index in [0.29, 0.717) is 0 Å². The van der Waals surface area contributed by atoms with E-state index in [4.69, 9.17) is 4.74 Å². The number of carboxylic acid groups (broad SMARTS) is 1. The van der Waals surface area contributed by atoms with Crippen LogP contribution in [0.25, 0.3) is 11.1 Å². The number of ether oxygens (including phenoxy) is 1. The normalized spacial score (nSPS) is 18.3. The lowest BCUT2D eigenvalue weighted by atomic mass is 9.61. The molecule has 1 fully saturated rings. The van der Waals surface area contributed by atoms with Gasteiger partial charge in [0.1, 0.15) is 6.61 Å². The van der Waals surface area contributed by atoms with E-state index in [9.17, 15) is 14.7 Å². The number of rotatable bonds is 6. The summed E-state index contributed by atoms with van der Waals surface area (Å²) >= 11 is 0. The molecule has 0 unspecified atom stereocenters. The first-order chi connectivity index (χ1) is 13.8. The van der Waals surface area contributed by atoms with E-state index in [1.165, 1.54) is 11.1 Å². The molecule has 4 rings (SSSR count). The molecule has 2 aliphatic carbocycles. The summed E-state index contributed by atoms with van der Waals surface area (Å²) in [6.07, 6.45) is 1.21. The molecule has 1 amide bonds. The Hall–Kier alpha value is -2.82. The summed E-state index contributed by atoms with van der Waals surface area (Å²) in [4.78, 5) is 23.7. The van der Waals surface area contributed by atoms with Crippen molar-refractivity contribution >= 4 is 12.1 Å². The highest BCUT2D eigenvalue weighted by molar-refractivity contribution is 5.79. The van der Waals surface area contributed by atoms with Gasteiger partial charge in [0.2, 0.25) is 0 Å². The second kappa shape index (κ2) is 7.54. The Morgan fingerprint density at radius 2 is 1.62 bits per heavy atom. The summed E-state index contributed by atoms with van der Waals surface area (Å²) in [5.41, 5.74) is 4.88. The number of carbonyl (C=O) groups is 2. The molecule has 2 aromatic rings. The molecule has 5 heteroatoms. The largest absolute Gasteiger partial charge is 0.481 e. The van der Waals surface area contributed by atoms with Gasteiger partial charge < -0.3 is 15.2 Å². The quantitative estimate of drug-likeness (QED) is 0.739. The van der Waals surface area contributed by atoms with Crippen molar-refractivity contribution in [2.45, 2.75) is 45.1 Å². The molecule has 0 aromatic heterocycles. The minimum atomic E-state index is -0.904. The standard InChI is InChI=1S/C24H27NO4/c1-24(2)12-15(13-24)21(11-22(26)27)25-23(28)29-14-20-18-9-5-3-7-16(18)17-8-4-6-10-19(17)20/h3-10,15,20-21H,11-14H2,1-2H3,(H,25,28)(H,26,27)/t21-/m0/s1. The lowest BCUT2D eigenvalue weighted by molar-refractivity contribution is -0.138. The number of aliphatic carboxylic acids is 1.